The van der Waals surface area contributed by atoms with E-state index in [2.05, 4.69) is 37.9 Å². The molecular weight excluding hydrogens is 292 g/mol. The Labute approximate surface area is 115 Å². The Morgan fingerprint density at radius 3 is 3.11 bits per heavy atom. The number of hydrogen-bond donors (Lipinski definition) is 0. The van der Waals surface area contributed by atoms with Crippen LogP contribution in [0.5, 0.6) is 5.75 Å². The number of pyridine rings is 1. The average molecular weight is 305 g/mol. The highest BCUT2D eigenvalue weighted by Crippen LogP contribution is 2.34. The molecule has 0 N–H and O–H groups in total. The molecule has 0 aliphatic carbocycles. The van der Waals surface area contributed by atoms with Crippen LogP contribution in [0.3, 0.4) is 0 Å². The van der Waals surface area contributed by atoms with E-state index >= 15 is 0 Å². The van der Waals surface area contributed by atoms with Gasteiger partial charge in [-0.05, 0) is 29.8 Å². The molecule has 0 fully saturated rings. The first-order chi connectivity index (χ1) is 8.83. The minimum absolute atomic E-state index is 0.726. The zero-order valence-corrected chi connectivity index (χ0v) is 11.4. The van der Waals surface area contributed by atoms with Crippen molar-refractivity contribution in [3.63, 3.8) is 0 Å². The van der Waals surface area contributed by atoms with Crippen LogP contribution >= 0.6 is 15.9 Å². The quantitative estimate of drug-likeness (QED) is 0.851. The van der Waals surface area contributed by atoms with E-state index in [1.165, 1.54) is 5.56 Å². The maximum atomic E-state index is 5.68. The van der Waals surface area contributed by atoms with Gasteiger partial charge in [0.2, 0.25) is 0 Å². The van der Waals surface area contributed by atoms with E-state index in [9.17, 15) is 0 Å². The van der Waals surface area contributed by atoms with Crippen LogP contribution in [0.2, 0.25) is 0 Å². The summed E-state index contributed by atoms with van der Waals surface area (Å²) in [5.74, 6) is 0.944. The Balaban J connectivity index is 1.87. The summed E-state index contributed by atoms with van der Waals surface area (Å²) in [6, 6.07) is 10.2. The molecule has 0 atom stereocenters. The van der Waals surface area contributed by atoms with Crippen molar-refractivity contribution in [3.8, 4) is 5.75 Å². The van der Waals surface area contributed by atoms with Crippen LogP contribution < -0.4 is 9.64 Å². The minimum Gasteiger partial charge on any atom is -0.490 e. The van der Waals surface area contributed by atoms with Gasteiger partial charge < -0.3 is 9.64 Å². The first-order valence-corrected chi connectivity index (χ1v) is 6.68. The zero-order chi connectivity index (χ0) is 12.4. The van der Waals surface area contributed by atoms with E-state index in [0.29, 0.717) is 0 Å². The third-order valence-electron chi connectivity index (χ3n) is 2.98. The van der Waals surface area contributed by atoms with E-state index in [-0.39, 0.29) is 0 Å². The average Bonchev–Trinajstić information content (AvgIpc) is 2.40. The molecule has 1 aliphatic heterocycles. The van der Waals surface area contributed by atoms with Gasteiger partial charge in [0, 0.05) is 23.4 Å². The molecule has 4 heteroatoms. The maximum Gasteiger partial charge on any atom is 0.143 e. The van der Waals surface area contributed by atoms with Crippen molar-refractivity contribution < 1.29 is 4.74 Å². The summed E-state index contributed by atoms with van der Waals surface area (Å²) in [5, 5.41) is 0. The predicted octanol–water partition coefficient (Wildman–Crippen LogP) is 3.24. The second-order valence-corrected chi connectivity index (χ2v) is 5.16. The summed E-state index contributed by atoms with van der Waals surface area (Å²) in [6.45, 7) is 2.50. The molecule has 0 radical (unpaired) electrons. The topological polar surface area (TPSA) is 25.4 Å². The normalized spacial score (nSPS) is 13.9. The van der Waals surface area contributed by atoms with Crippen molar-refractivity contribution in [1.29, 1.82) is 0 Å². The van der Waals surface area contributed by atoms with Crippen molar-refractivity contribution in [1.82, 2.24) is 4.98 Å². The smallest absolute Gasteiger partial charge is 0.143 e. The van der Waals surface area contributed by atoms with Gasteiger partial charge in [0.15, 0.2) is 0 Å². The Hall–Kier alpha value is -1.55. The summed E-state index contributed by atoms with van der Waals surface area (Å²) in [6.07, 6.45) is 3.71. The van der Waals surface area contributed by atoms with Gasteiger partial charge in [0.05, 0.1) is 12.2 Å². The van der Waals surface area contributed by atoms with Gasteiger partial charge in [-0.3, -0.25) is 4.98 Å². The van der Waals surface area contributed by atoms with Crippen LogP contribution in [0.25, 0.3) is 0 Å². The molecule has 1 aliphatic rings. The number of rotatable bonds is 2. The Morgan fingerprint density at radius 2 is 2.28 bits per heavy atom. The second kappa shape index (κ2) is 4.98. The van der Waals surface area contributed by atoms with Crippen LogP contribution in [-0.2, 0) is 6.54 Å². The van der Waals surface area contributed by atoms with Gasteiger partial charge in [-0.1, -0.05) is 22.0 Å². The van der Waals surface area contributed by atoms with Crippen molar-refractivity contribution in [2.75, 3.05) is 18.1 Å². The Bertz CT molecular complexity index is 545. The van der Waals surface area contributed by atoms with Crippen molar-refractivity contribution in [3.05, 3.63) is 52.8 Å². The van der Waals surface area contributed by atoms with Gasteiger partial charge in [-0.25, -0.2) is 0 Å². The van der Waals surface area contributed by atoms with E-state index in [4.69, 9.17) is 4.74 Å². The molecule has 3 rings (SSSR count). The molecule has 3 nitrogen and oxygen atoms in total. The standard InChI is InChI=1S/C14H13BrN2O/c15-12-3-4-13-14(8-12)18-7-6-17(13)10-11-2-1-5-16-9-11/h1-5,8-9H,6-7,10H2. The third-order valence-corrected chi connectivity index (χ3v) is 3.47. The summed E-state index contributed by atoms with van der Waals surface area (Å²) in [7, 11) is 0. The number of ether oxygens (including phenoxy) is 1. The van der Waals surface area contributed by atoms with Gasteiger partial charge in [-0.2, -0.15) is 0 Å². The van der Waals surface area contributed by atoms with E-state index in [1.54, 1.807) is 6.20 Å². The van der Waals surface area contributed by atoms with E-state index in [1.807, 2.05) is 24.4 Å². The highest BCUT2D eigenvalue weighted by molar-refractivity contribution is 9.10. The third kappa shape index (κ3) is 2.34. The van der Waals surface area contributed by atoms with Gasteiger partial charge in [0.25, 0.3) is 0 Å². The van der Waals surface area contributed by atoms with Gasteiger partial charge in [0.1, 0.15) is 12.4 Å². The molecule has 1 aromatic heterocycles. The van der Waals surface area contributed by atoms with Gasteiger partial charge in [-0.15, -0.1) is 0 Å². The molecule has 2 heterocycles. The maximum absolute atomic E-state index is 5.68. The van der Waals surface area contributed by atoms with Crippen molar-refractivity contribution in [2.24, 2.45) is 0 Å². The van der Waals surface area contributed by atoms with Crippen LogP contribution in [0.15, 0.2) is 47.2 Å². The fourth-order valence-electron chi connectivity index (χ4n) is 2.13. The lowest BCUT2D eigenvalue weighted by atomic mass is 10.2. The Morgan fingerprint density at radius 1 is 1.33 bits per heavy atom. The SMILES string of the molecule is Brc1ccc2c(c1)OCCN2Cc1cccnc1. The monoisotopic (exact) mass is 304 g/mol. The lowest BCUT2D eigenvalue weighted by Crippen LogP contribution is -2.32. The minimum atomic E-state index is 0.726. The first-order valence-electron chi connectivity index (χ1n) is 5.89. The molecule has 1 aromatic carbocycles. The molecule has 2 aromatic rings. The lowest BCUT2D eigenvalue weighted by Gasteiger charge is -2.31. The number of anilines is 1. The molecular formula is C14H13BrN2O. The van der Waals surface area contributed by atoms with Crippen LogP contribution in [0.1, 0.15) is 5.56 Å². The number of benzene rings is 1. The highest BCUT2D eigenvalue weighted by Gasteiger charge is 2.18. The van der Waals surface area contributed by atoms with Crippen LogP contribution in [-0.4, -0.2) is 18.1 Å². The van der Waals surface area contributed by atoms with Crippen LogP contribution in [0, 0.1) is 0 Å². The lowest BCUT2D eigenvalue weighted by molar-refractivity contribution is 0.306. The summed E-state index contributed by atoms with van der Waals surface area (Å²) in [5.41, 5.74) is 2.36. The summed E-state index contributed by atoms with van der Waals surface area (Å²) < 4.78 is 6.73. The molecule has 0 unspecified atom stereocenters. The number of aromatic nitrogens is 1. The van der Waals surface area contributed by atoms with E-state index < -0.39 is 0 Å². The van der Waals surface area contributed by atoms with Gasteiger partial charge >= 0.3 is 0 Å². The predicted molar refractivity (Wildman–Crippen MR) is 74.9 cm³/mol. The molecule has 18 heavy (non-hydrogen) atoms. The summed E-state index contributed by atoms with van der Waals surface area (Å²) >= 11 is 3.47. The molecule has 92 valence electrons. The molecule has 0 amide bonds. The number of halogens is 1. The molecule has 0 spiro atoms. The fourth-order valence-corrected chi connectivity index (χ4v) is 2.47. The largest absolute Gasteiger partial charge is 0.490 e. The van der Waals surface area contributed by atoms with E-state index in [0.717, 1.165) is 35.6 Å². The molecule has 0 bridgehead atoms. The Kier molecular flexibility index (Phi) is 3.19. The second-order valence-electron chi connectivity index (χ2n) is 4.24. The van der Waals surface area contributed by atoms with Crippen LogP contribution in [0.4, 0.5) is 5.69 Å². The highest BCUT2D eigenvalue weighted by atomic mass is 79.9. The number of nitrogens with zero attached hydrogens (tertiary/aromatic N) is 2. The molecule has 0 saturated heterocycles. The first kappa shape index (κ1) is 11.5. The zero-order valence-electron chi connectivity index (χ0n) is 9.84. The number of hydrogen-bond acceptors (Lipinski definition) is 3. The fraction of sp³-hybridized carbons (Fsp3) is 0.214. The van der Waals surface area contributed by atoms with Crippen molar-refractivity contribution in [2.45, 2.75) is 6.54 Å². The molecule has 0 saturated carbocycles. The summed E-state index contributed by atoms with van der Waals surface area (Å²) in [4.78, 5) is 6.48. The van der Waals surface area contributed by atoms with Crippen molar-refractivity contribution >= 4 is 21.6 Å². The number of fused-ring (bicyclic) bond motifs is 1.